The Labute approximate surface area is 163 Å². The van der Waals surface area contributed by atoms with Gasteiger partial charge in [0.15, 0.2) is 0 Å². The van der Waals surface area contributed by atoms with Crippen LogP contribution in [0.1, 0.15) is 0 Å². The Morgan fingerprint density at radius 3 is 2.04 bits per heavy atom. The van der Waals surface area contributed by atoms with Crippen molar-refractivity contribution in [1.82, 2.24) is 13.5 Å². The van der Waals surface area contributed by atoms with Crippen LogP contribution in [0.2, 0.25) is 10.0 Å². The van der Waals surface area contributed by atoms with Crippen LogP contribution >= 0.6 is 23.2 Å². The van der Waals surface area contributed by atoms with Crippen LogP contribution in [0.4, 0.5) is 0 Å². The second kappa shape index (κ2) is 7.99. The van der Waals surface area contributed by atoms with Crippen molar-refractivity contribution >= 4 is 49.2 Å². The number of carbonyl (C=O) groups excluding carboxylic acids is 1. The first-order chi connectivity index (χ1) is 11.9. The zero-order chi connectivity index (χ0) is 19.7. The number of carbonyl (C=O) groups is 1. The van der Waals surface area contributed by atoms with Crippen LogP contribution in [0.5, 0.6) is 0 Å². The highest BCUT2D eigenvalue weighted by Crippen LogP contribution is 2.31. The summed E-state index contributed by atoms with van der Waals surface area (Å²) >= 11 is 12.0. The average Bonchev–Trinajstić information content (AvgIpc) is 2.53. The molecule has 1 fully saturated rings. The minimum atomic E-state index is -3.89. The molecule has 0 spiro atoms. The van der Waals surface area contributed by atoms with Crippen LogP contribution in [-0.2, 0) is 24.8 Å². The quantitative estimate of drug-likeness (QED) is 0.667. The highest BCUT2D eigenvalue weighted by molar-refractivity contribution is 7.89. The van der Waals surface area contributed by atoms with Crippen LogP contribution in [0.3, 0.4) is 0 Å². The van der Waals surface area contributed by atoms with Gasteiger partial charge in [-0.25, -0.2) is 16.8 Å². The summed E-state index contributed by atoms with van der Waals surface area (Å²) in [5.74, 6) is -0.384. The maximum Gasteiger partial charge on any atom is 0.246 e. The van der Waals surface area contributed by atoms with Gasteiger partial charge in [0.05, 0.1) is 22.8 Å². The number of sulfonamides is 2. The van der Waals surface area contributed by atoms with Crippen molar-refractivity contribution in [3.05, 3.63) is 28.2 Å². The van der Waals surface area contributed by atoms with Gasteiger partial charge in [0.1, 0.15) is 4.90 Å². The van der Waals surface area contributed by atoms with Crippen LogP contribution in [-0.4, -0.2) is 82.3 Å². The zero-order valence-electron chi connectivity index (χ0n) is 14.2. The molecule has 2 rings (SSSR count). The fourth-order valence-corrected chi connectivity index (χ4v) is 5.30. The first-order valence-electron chi connectivity index (χ1n) is 7.58. The van der Waals surface area contributed by atoms with Crippen molar-refractivity contribution in [1.29, 1.82) is 0 Å². The normalized spacial score (nSPS) is 16.9. The number of likely N-dealkylation sites (N-methyl/N-ethyl adjacent to an activating group) is 1. The molecular weight excluding hydrogens is 425 g/mol. The Kier molecular flexibility index (Phi) is 6.57. The Morgan fingerprint density at radius 2 is 1.58 bits per heavy atom. The lowest BCUT2D eigenvalue weighted by Gasteiger charge is -2.34. The molecule has 0 saturated carbocycles. The van der Waals surface area contributed by atoms with Crippen molar-refractivity contribution < 1.29 is 21.6 Å². The topological polar surface area (TPSA) is 95.1 Å². The number of hydrogen-bond acceptors (Lipinski definition) is 5. The number of halogens is 2. The summed E-state index contributed by atoms with van der Waals surface area (Å²) in [4.78, 5) is 13.5. The van der Waals surface area contributed by atoms with E-state index in [0.29, 0.717) is 0 Å². The molecule has 1 amide bonds. The molecule has 1 aliphatic rings. The first kappa shape index (κ1) is 21.4. The smallest absolute Gasteiger partial charge is 0.246 e. The average molecular weight is 444 g/mol. The third-order valence-corrected chi connectivity index (χ3v) is 8.15. The number of hydrogen-bond donors (Lipinski definition) is 0. The minimum Gasteiger partial charge on any atom is -0.339 e. The Hall–Kier alpha value is -0.910. The molecule has 1 aromatic carbocycles. The predicted octanol–water partition coefficient (Wildman–Crippen LogP) is 0.718. The summed E-state index contributed by atoms with van der Waals surface area (Å²) in [7, 11) is -6.05. The standard InChI is InChI=1S/C14H19Cl2N3O5S2/c1-17(25(2,21)22)10-13(20)18-6-8-19(9-7-18)26(23,24)14-11(15)4-3-5-12(14)16/h3-5H,6-10H2,1-2H3. The molecule has 26 heavy (non-hydrogen) atoms. The van der Waals surface area contributed by atoms with Crippen molar-refractivity contribution in [3.8, 4) is 0 Å². The number of benzene rings is 1. The van der Waals surface area contributed by atoms with Gasteiger partial charge in [0.2, 0.25) is 26.0 Å². The lowest BCUT2D eigenvalue weighted by Crippen LogP contribution is -2.52. The van der Waals surface area contributed by atoms with Gasteiger partial charge in [-0.1, -0.05) is 29.3 Å². The third-order valence-electron chi connectivity index (χ3n) is 4.03. The number of nitrogens with zero attached hydrogens (tertiary/aromatic N) is 3. The van der Waals surface area contributed by atoms with E-state index in [9.17, 15) is 21.6 Å². The Bertz CT molecular complexity index is 877. The molecule has 1 aromatic rings. The highest BCUT2D eigenvalue weighted by Gasteiger charge is 2.33. The summed E-state index contributed by atoms with van der Waals surface area (Å²) in [6.45, 7) is 0.147. The van der Waals surface area contributed by atoms with Crippen LogP contribution in [0, 0.1) is 0 Å². The van der Waals surface area contributed by atoms with Crippen LogP contribution in [0.15, 0.2) is 23.1 Å². The van der Waals surface area contributed by atoms with Crippen molar-refractivity contribution in [2.24, 2.45) is 0 Å². The first-order valence-corrected chi connectivity index (χ1v) is 11.6. The van der Waals surface area contributed by atoms with Gasteiger partial charge in [0, 0.05) is 33.2 Å². The molecule has 0 bridgehead atoms. The monoisotopic (exact) mass is 443 g/mol. The van der Waals surface area contributed by atoms with Gasteiger partial charge < -0.3 is 4.90 Å². The molecule has 0 aromatic heterocycles. The number of piperazine rings is 1. The van der Waals surface area contributed by atoms with Gasteiger partial charge in [-0.3, -0.25) is 4.79 Å². The molecule has 0 aliphatic carbocycles. The van der Waals surface area contributed by atoms with E-state index in [0.717, 1.165) is 10.6 Å². The van der Waals surface area contributed by atoms with Gasteiger partial charge in [-0.05, 0) is 12.1 Å². The molecule has 0 radical (unpaired) electrons. The molecule has 0 atom stereocenters. The lowest BCUT2D eigenvalue weighted by molar-refractivity contribution is -0.132. The van der Waals surface area contributed by atoms with E-state index in [1.807, 2.05) is 0 Å². The van der Waals surface area contributed by atoms with Gasteiger partial charge in [-0.15, -0.1) is 0 Å². The van der Waals surface area contributed by atoms with E-state index in [1.165, 1.54) is 28.4 Å². The van der Waals surface area contributed by atoms with Crippen LogP contribution in [0.25, 0.3) is 0 Å². The van der Waals surface area contributed by atoms with E-state index in [-0.39, 0.29) is 53.6 Å². The largest absolute Gasteiger partial charge is 0.339 e. The maximum absolute atomic E-state index is 12.8. The van der Waals surface area contributed by atoms with Gasteiger partial charge in [-0.2, -0.15) is 8.61 Å². The highest BCUT2D eigenvalue weighted by atomic mass is 35.5. The summed E-state index contributed by atoms with van der Waals surface area (Å²) in [6.07, 6.45) is 1.01. The molecule has 146 valence electrons. The summed E-state index contributed by atoms with van der Waals surface area (Å²) in [5.41, 5.74) is 0. The molecule has 1 saturated heterocycles. The van der Waals surface area contributed by atoms with Crippen molar-refractivity contribution in [3.63, 3.8) is 0 Å². The van der Waals surface area contributed by atoms with Crippen LogP contribution < -0.4 is 0 Å². The molecule has 12 heteroatoms. The maximum atomic E-state index is 12.8. The van der Waals surface area contributed by atoms with Gasteiger partial charge in [0.25, 0.3) is 0 Å². The van der Waals surface area contributed by atoms with Gasteiger partial charge >= 0.3 is 0 Å². The summed E-state index contributed by atoms with van der Waals surface area (Å²) in [5, 5.41) is 0.0663. The molecule has 1 aliphatic heterocycles. The minimum absolute atomic E-state index is 0.0331. The molecule has 1 heterocycles. The predicted molar refractivity (Wildman–Crippen MR) is 99.3 cm³/mol. The Morgan fingerprint density at radius 1 is 1.08 bits per heavy atom. The van der Waals surface area contributed by atoms with E-state index < -0.39 is 20.0 Å². The van der Waals surface area contributed by atoms with E-state index in [4.69, 9.17) is 23.2 Å². The van der Waals surface area contributed by atoms with E-state index >= 15 is 0 Å². The molecule has 0 N–H and O–H groups in total. The summed E-state index contributed by atoms with van der Waals surface area (Å²) in [6, 6.07) is 4.45. The second-order valence-corrected chi connectivity index (χ2v) is 10.6. The summed E-state index contributed by atoms with van der Waals surface area (Å²) < 4.78 is 50.5. The fourth-order valence-electron chi connectivity index (χ4n) is 2.44. The number of rotatable bonds is 5. The molecular formula is C14H19Cl2N3O5S2. The third kappa shape index (κ3) is 4.68. The second-order valence-electron chi connectivity index (χ2n) is 5.85. The molecule has 8 nitrogen and oxygen atoms in total. The lowest BCUT2D eigenvalue weighted by atomic mass is 10.3. The SMILES string of the molecule is CN(CC(=O)N1CCN(S(=O)(=O)c2c(Cl)cccc2Cl)CC1)S(C)(=O)=O. The fraction of sp³-hybridized carbons (Fsp3) is 0.500. The molecule has 0 unspecified atom stereocenters. The van der Waals surface area contributed by atoms with Crippen molar-refractivity contribution in [2.75, 3.05) is 46.0 Å². The number of amides is 1. The zero-order valence-corrected chi connectivity index (χ0v) is 17.4. The van der Waals surface area contributed by atoms with E-state index in [2.05, 4.69) is 0 Å². The Balaban J connectivity index is 2.07. The van der Waals surface area contributed by atoms with Crippen molar-refractivity contribution in [2.45, 2.75) is 4.90 Å². The van der Waals surface area contributed by atoms with E-state index in [1.54, 1.807) is 6.07 Å².